The zero-order valence-corrected chi connectivity index (χ0v) is 17.3. The SMILES string of the molecule is O=C(CSc1cnc(-c2ccccc2)n1Cc1ccco1)C1CCc2ccccc21. The van der Waals surface area contributed by atoms with Crippen molar-refractivity contribution in [2.75, 3.05) is 5.75 Å². The third-order valence-electron chi connectivity index (χ3n) is 5.63. The molecule has 30 heavy (non-hydrogen) atoms. The van der Waals surface area contributed by atoms with Gasteiger partial charge in [0.2, 0.25) is 0 Å². The number of hydrogen-bond acceptors (Lipinski definition) is 4. The second kappa shape index (κ2) is 8.36. The number of hydrogen-bond donors (Lipinski definition) is 0. The molecule has 0 N–H and O–H groups in total. The Kier molecular flexibility index (Phi) is 5.28. The zero-order valence-electron chi connectivity index (χ0n) is 16.5. The molecule has 4 aromatic rings. The molecule has 0 amide bonds. The molecule has 0 spiro atoms. The lowest BCUT2D eigenvalue weighted by Gasteiger charge is -2.12. The summed E-state index contributed by atoms with van der Waals surface area (Å²) < 4.78 is 7.71. The maximum atomic E-state index is 13.0. The molecule has 1 aliphatic carbocycles. The van der Waals surface area contributed by atoms with Gasteiger partial charge in [-0.2, -0.15) is 0 Å². The summed E-state index contributed by atoms with van der Waals surface area (Å²) in [5.74, 6) is 2.49. The van der Waals surface area contributed by atoms with E-state index in [1.54, 1.807) is 18.0 Å². The predicted octanol–water partition coefficient (Wildman–Crippen LogP) is 5.58. The smallest absolute Gasteiger partial charge is 0.150 e. The lowest BCUT2D eigenvalue weighted by atomic mass is 9.98. The molecular weight excluding hydrogens is 392 g/mol. The summed E-state index contributed by atoms with van der Waals surface area (Å²) in [5.41, 5.74) is 3.57. The monoisotopic (exact) mass is 414 g/mol. The van der Waals surface area contributed by atoms with Crippen molar-refractivity contribution >= 4 is 17.5 Å². The third kappa shape index (κ3) is 3.73. The van der Waals surface area contributed by atoms with Crippen LogP contribution in [-0.2, 0) is 17.8 Å². The van der Waals surface area contributed by atoms with Crippen LogP contribution in [0.1, 0.15) is 29.2 Å². The first-order chi connectivity index (χ1) is 14.8. The molecule has 0 radical (unpaired) electrons. The first-order valence-electron chi connectivity index (χ1n) is 10.2. The number of rotatable bonds is 7. The first kappa shape index (κ1) is 18.9. The van der Waals surface area contributed by atoms with Gasteiger partial charge in [-0.3, -0.25) is 4.79 Å². The van der Waals surface area contributed by atoms with Crippen LogP contribution in [0.5, 0.6) is 0 Å². The standard InChI is InChI=1S/C25H22N2O2S/c28-23(22-13-12-18-7-4-5-11-21(18)22)17-30-24-15-26-25(19-8-2-1-3-9-19)27(24)16-20-10-6-14-29-20/h1-11,14-15,22H,12-13,16-17H2. The minimum absolute atomic E-state index is 0.0174. The number of fused-ring (bicyclic) bond motifs is 1. The fourth-order valence-electron chi connectivity index (χ4n) is 4.14. The van der Waals surface area contributed by atoms with Crippen LogP contribution in [0.2, 0.25) is 0 Å². The lowest BCUT2D eigenvalue weighted by Crippen LogP contribution is -2.13. The van der Waals surface area contributed by atoms with Gasteiger partial charge < -0.3 is 8.98 Å². The molecule has 0 fully saturated rings. The van der Waals surface area contributed by atoms with E-state index in [9.17, 15) is 4.79 Å². The van der Waals surface area contributed by atoms with E-state index in [4.69, 9.17) is 4.42 Å². The van der Waals surface area contributed by atoms with Gasteiger partial charge in [-0.1, -0.05) is 66.4 Å². The maximum Gasteiger partial charge on any atom is 0.150 e. The van der Waals surface area contributed by atoms with Crippen LogP contribution >= 0.6 is 11.8 Å². The Hall–Kier alpha value is -3.05. The molecule has 0 bridgehead atoms. The number of carbonyl (C=O) groups excluding carboxylic acids is 1. The van der Waals surface area contributed by atoms with Gasteiger partial charge in [0.15, 0.2) is 5.78 Å². The minimum Gasteiger partial charge on any atom is -0.467 e. The quantitative estimate of drug-likeness (QED) is 0.370. The van der Waals surface area contributed by atoms with Crippen LogP contribution in [0, 0.1) is 0 Å². The van der Waals surface area contributed by atoms with E-state index in [2.05, 4.69) is 39.9 Å². The summed E-state index contributed by atoms with van der Waals surface area (Å²) in [7, 11) is 0. The summed E-state index contributed by atoms with van der Waals surface area (Å²) in [6.45, 7) is 0.583. The first-order valence-corrected chi connectivity index (χ1v) is 11.1. The number of thioether (sulfide) groups is 1. The number of ketones is 1. The van der Waals surface area contributed by atoms with Crippen molar-refractivity contribution in [2.24, 2.45) is 0 Å². The largest absolute Gasteiger partial charge is 0.467 e. The molecule has 5 rings (SSSR count). The topological polar surface area (TPSA) is 48.0 Å². The number of carbonyl (C=O) groups is 1. The van der Waals surface area contributed by atoms with Gasteiger partial charge in [-0.05, 0) is 36.1 Å². The maximum absolute atomic E-state index is 13.0. The highest BCUT2D eigenvalue weighted by Gasteiger charge is 2.28. The van der Waals surface area contributed by atoms with Gasteiger partial charge in [0.05, 0.1) is 29.8 Å². The minimum atomic E-state index is 0.0174. The Morgan fingerprint density at radius 3 is 2.73 bits per heavy atom. The van der Waals surface area contributed by atoms with Gasteiger partial charge in [0, 0.05) is 11.5 Å². The summed E-state index contributed by atoms with van der Waals surface area (Å²) in [6.07, 6.45) is 5.46. The van der Waals surface area contributed by atoms with Crippen molar-refractivity contribution in [3.05, 3.63) is 96.1 Å². The molecule has 2 heterocycles. The van der Waals surface area contributed by atoms with E-state index in [1.165, 1.54) is 11.1 Å². The van der Waals surface area contributed by atoms with Gasteiger partial charge in [-0.15, -0.1) is 0 Å². The van der Waals surface area contributed by atoms with E-state index < -0.39 is 0 Å². The normalized spacial score (nSPS) is 15.3. The van der Waals surface area contributed by atoms with Gasteiger partial charge in [-0.25, -0.2) is 4.98 Å². The average molecular weight is 415 g/mol. The summed E-state index contributed by atoms with van der Waals surface area (Å²) in [6, 6.07) is 22.3. The van der Waals surface area contributed by atoms with Gasteiger partial charge in [0.25, 0.3) is 0 Å². The molecule has 2 aromatic carbocycles. The number of nitrogens with zero attached hydrogens (tertiary/aromatic N) is 2. The molecule has 1 aliphatic rings. The Labute approximate surface area is 180 Å². The zero-order chi connectivity index (χ0) is 20.3. The molecule has 5 heteroatoms. The van der Waals surface area contributed by atoms with Crippen LogP contribution in [0.25, 0.3) is 11.4 Å². The Morgan fingerprint density at radius 2 is 1.90 bits per heavy atom. The average Bonchev–Trinajstić information content (AvgIpc) is 3.53. The van der Waals surface area contributed by atoms with E-state index >= 15 is 0 Å². The Bertz CT molecular complexity index is 1150. The van der Waals surface area contributed by atoms with Crippen LogP contribution in [-0.4, -0.2) is 21.1 Å². The van der Waals surface area contributed by atoms with E-state index in [0.717, 1.165) is 35.0 Å². The summed E-state index contributed by atoms with van der Waals surface area (Å²) in [4.78, 5) is 17.7. The number of aryl methyl sites for hydroxylation is 1. The highest BCUT2D eigenvalue weighted by molar-refractivity contribution is 7.99. The van der Waals surface area contributed by atoms with Crippen molar-refractivity contribution in [1.29, 1.82) is 0 Å². The molecule has 150 valence electrons. The molecule has 0 aliphatic heterocycles. The Balaban J connectivity index is 1.38. The molecule has 1 atom stereocenters. The molecule has 0 saturated heterocycles. The fraction of sp³-hybridized carbons (Fsp3) is 0.200. The lowest BCUT2D eigenvalue weighted by molar-refractivity contribution is -0.117. The van der Waals surface area contributed by atoms with Crippen molar-refractivity contribution in [3.63, 3.8) is 0 Å². The van der Waals surface area contributed by atoms with Gasteiger partial charge in [0.1, 0.15) is 11.6 Å². The number of benzene rings is 2. The van der Waals surface area contributed by atoms with E-state index in [0.29, 0.717) is 12.3 Å². The molecule has 4 nitrogen and oxygen atoms in total. The third-order valence-corrected chi connectivity index (χ3v) is 6.68. The van der Waals surface area contributed by atoms with Crippen molar-refractivity contribution < 1.29 is 9.21 Å². The van der Waals surface area contributed by atoms with E-state index in [1.807, 2.05) is 42.6 Å². The predicted molar refractivity (Wildman–Crippen MR) is 119 cm³/mol. The molecule has 0 saturated carbocycles. The van der Waals surface area contributed by atoms with Crippen LogP contribution in [0.15, 0.2) is 88.6 Å². The number of Topliss-reactive ketones (excluding diaryl/α,β-unsaturated/α-hetero) is 1. The van der Waals surface area contributed by atoms with Crippen molar-refractivity contribution in [2.45, 2.75) is 30.3 Å². The second-order valence-corrected chi connectivity index (χ2v) is 8.49. The van der Waals surface area contributed by atoms with Crippen molar-refractivity contribution in [3.8, 4) is 11.4 Å². The molecule has 2 aromatic heterocycles. The summed E-state index contributed by atoms with van der Waals surface area (Å²) in [5, 5.41) is 0.977. The number of furan rings is 1. The van der Waals surface area contributed by atoms with Crippen molar-refractivity contribution in [1.82, 2.24) is 9.55 Å². The van der Waals surface area contributed by atoms with E-state index in [-0.39, 0.29) is 11.7 Å². The van der Waals surface area contributed by atoms with Crippen LogP contribution < -0.4 is 0 Å². The Morgan fingerprint density at radius 1 is 1.07 bits per heavy atom. The second-order valence-electron chi connectivity index (χ2n) is 7.50. The van der Waals surface area contributed by atoms with Crippen LogP contribution in [0.4, 0.5) is 0 Å². The van der Waals surface area contributed by atoms with Crippen LogP contribution in [0.3, 0.4) is 0 Å². The highest BCUT2D eigenvalue weighted by atomic mass is 32.2. The fourth-order valence-corrected chi connectivity index (χ4v) is 5.07. The molecule has 1 unspecified atom stereocenters. The highest BCUT2D eigenvalue weighted by Crippen LogP contribution is 2.35. The molecular formula is C25H22N2O2S. The number of imidazole rings is 1. The van der Waals surface area contributed by atoms with Gasteiger partial charge >= 0.3 is 0 Å². The number of aromatic nitrogens is 2. The summed E-state index contributed by atoms with van der Waals surface area (Å²) >= 11 is 1.56.